The van der Waals surface area contributed by atoms with Crippen LogP contribution in [0.1, 0.15) is 23.6 Å². The van der Waals surface area contributed by atoms with Gasteiger partial charge in [0.25, 0.3) is 11.8 Å². The topological polar surface area (TPSA) is 152 Å². The molecule has 6 aromatic rings. The first-order valence-corrected chi connectivity index (χ1v) is 12.7. The van der Waals surface area contributed by atoms with Gasteiger partial charge >= 0.3 is 0 Å². The van der Waals surface area contributed by atoms with Gasteiger partial charge in [0.15, 0.2) is 23.9 Å². The molecule has 0 fully saturated rings. The van der Waals surface area contributed by atoms with Crippen molar-refractivity contribution in [3.05, 3.63) is 90.6 Å². The second-order valence-electron chi connectivity index (χ2n) is 9.34. The number of hydrogen-bond acceptors (Lipinski definition) is 9. The van der Waals surface area contributed by atoms with Gasteiger partial charge in [0, 0.05) is 30.3 Å². The largest absolute Gasteiger partial charge is 0.465 e. The maximum Gasteiger partial charge on any atom is 0.258 e. The van der Waals surface area contributed by atoms with Gasteiger partial charge < -0.3 is 20.3 Å². The molecule has 1 aliphatic rings. The third kappa shape index (κ3) is 4.21. The van der Waals surface area contributed by atoms with Crippen LogP contribution in [0.15, 0.2) is 84.0 Å². The van der Waals surface area contributed by atoms with E-state index in [0.29, 0.717) is 34.2 Å². The lowest BCUT2D eigenvalue weighted by Gasteiger charge is -2.16. The first kappa shape index (κ1) is 23.6. The van der Waals surface area contributed by atoms with E-state index in [4.69, 9.17) is 25.0 Å². The third-order valence-electron chi connectivity index (χ3n) is 6.87. The van der Waals surface area contributed by atoms with Crippen LogP contribution in [0, 0.1) is 0 Å². The van der Waals surface area contributed by atoms with Gasteiger partial charge in [0.1, 0.15) is 17.6 Å². The molecule has 0 saturated heterocycles. The van der Waals surface area contributed by atoms with Crippen LogP contribution in [0.4, 0.5) is 5.82 Å². The van der Waals surface area contributed by atoms with Crippen molar-refractivity contribution in [3.63, 3.8) is 0 Å². The molecule has 0 spiro atoms. The Bertz CT molecular complexity index is 1830. The van der Waals surface area contributed by atoms with Crippen molar-refractivity contribution in [2.75, 3.05) is 12.3 Å². The third-order valence-corrected chi connectivity index (χ3v) is 6.87. The van der Waals surface area contributed by atoms with Gasteiger partial charge in [-0.2, -0.15) is 5.10 Å². The van der Waals surface area contributed by atoms with Crippen LogP contribution < -0.4 is 15.8 Å². The van der Waals surface area contributed by atoms with Crippen molar-refractivity contribution in [2.45, 2.75) is 18.9 Å². The first-order valence-electron chi connectivity index (χ1n) is 12.7. The number of ether oxygens (including phenoxy) is 1. The van der Waals surface area contributed by atoms with Gasteiger partial charge in [-0.1, -0.05) is 6.07 Å². The summed E-state index contributed by atoms with van der Waals surface area (Å²) in [6, 6.07) is 17.0. The standard InChI is InChI=1S/C28H23N9O3/c29-26-20(3-1-11-30-26)27-33-22-8-9-23(36-13-2-12-31-36)34-28(22)37(27)18-5-6-19-17(15-18)4-7-21(19)32-24(38)16-39-25-10-14-40-35-25/h1-3,5-6,8-15,21H,4,7,16H2,(H2,29,30)(H,32,38). The number of carbonyl (C=O) groups is 1. The SMILES string of the molecule is Nc1ncccc1-c1nc2ccc(-n3cccn3)nc2n1-c1ccc2c(c1)CCC2NC(=O)COc1ccon1. The average Bonchev–Trinajstić information content (AvgIpc) is 3.79. The molecule has 12 nitrogen and oxygen atoms in total. The van der Waals surface area contributed by atoms with Crippen molar-refractivity contribution in [1.82, 2.24) is 39.8 Å². The van der Waals surface area contributed by atoms with E-state index in [1.165, 1.54) is 6.26 Å². The number of carbonyl (C=O) groups excluding carboxylic acids is 1. The van der Waals surface area contributed by atoms with E-state index >= 15 is 0 Å². The maximum atomic E-state index is 12.5. The average molecular weight is 534 g/mol. The Hall–Kier alpha value is -5.52. The molecule has 1 atom stereocenters. The zero-order valence-electron chi connectivity index (χ0n) is 21.1. The van der Waals surface area contributed by atoms with Gasteiger partial charge in [-0.15, -0.1) is 0 Å². The zero-order valence-corrected chi connectivity index (χ0v) is 21.1. The quantitative estimate of drug-likeness (QED) is 0.314. The molecule has 12 heteroatoms. The molecule has 5 aromatic heterocycles. The van der Waals surface area contributed by atoms with Gasteiger partial charge in [0.2, 0.25) is 0 Å². The normalized spacial score (nSPS) is 14.3. The highest BCUT2D eigenvalue weighted by atomic mass is 16.5. The summed E-state index contributed by atoms with van der Waals surface area (Å²) in [5.74, 6) is 1.73. The number of imidazole rings is 1. The molecule has 1 aromatic carbocycles. The van der Waals surface area contributed by atoms with Crippen molar-refractivity contribution >= 4 is 22.9 Å². The second-order valence-corrected chi connectivity index (χ2v) is 9.34. The fourth-order valence-corrected chi connectivity index (χ4v) is 5.06. The van der Waals surface area contributed by atoms with Crippen molar-refractivity contribution in [1.29, 1.82) is 0 Å². The molecule has 0 bridgehead atoms. The molecular formula is C28H23N9O3. The number of pyridine rings is 2. The molecular weight excluding hydrogens is 510 g/mol. The van der Waals surface area contributed by atoms with E-state index in [-0.39, 0.29) is 24.4 Å². The van der Waals surface area contributed by atoms with Gasteiger partial charge in [-0.05, 0) is 71.6 Å². The number of aromatic nitrogens is 7. The molecule has 1 unspecified atom stereocenters. The number of nitrogens with zero attached hydrogens (tertiary/aromatic N) is 7. The summed E-state index contributed by atoms with van der Waals surface area (Å²) in [6.07, 6.45) is 8.19. The number of benzene rings is 1. The van der Waals surface area contributed by atoms with Crippen LogP contribution in [-0.4, -0.2) is 47.0 Å². The van der Waals surface area contributed by atoms with Crippen molar-refractivity contribution in [2.24, 2.45) is 0 Å². The fraction of sp³-hybridized carbons (Fsp3) is 0.143. The van der Waals surface area contributed by atoms with E-state index in [0.717, 1.165) is 29.7 Å². The summed E-state index contributed by atoms with van der Waals surface area (Å²) in [5, 5.41) is 11.0. The number of anilines is 1. The number of amides is 1. The molecule has 0 saturated carbocycles. The molecule has 7 rings (SSSR count). The summed E-state index contributed by atoms with van der Waals surface area (Å²) in [7, 11) is 0. The minimum atomic E-state index is -0.227. The van der Waals surface area contributed by atoms with Crippen LogP contribution >= 0.6 is 0 Å². The molecule has 3 N–H and O–H groups in total. The van der Waals surface area contributed by atoms with Crippen molar-refractivity contribution < 1.29 is 14.1 Å². The van der Waals surface area contributed by atoms with E-state index in [9.17, 15) is 4.79 Å². The van der Waals surface area contributed by atoms with E-state index in [1.807, 2.05) is 53.2 Å². The lowest BCUT2D eigenvalue weighted by molar-refractivity contribution is -0.123. The van der Waals surface area contributed by atoms with Crippen molar-refractivity contribution in [3.8, 4) is 28.8 Å². The highest BCUT2D eigenvalue weighted by Gasteiger charge is 2.26. The number of nitrogens with two attached hydrogens (primary N) is 1. The van der Waals surface area contributed by atoms with Crippen LogP contribution in [0.2, 0.25) is 0 Å². The highest BCUT2D eigenvalue weighted by molar-refractivity contribution is 5.83. The van der Waals surface area contributed by atoms with Gasteiger partial charge in [-0.3, -0.25) is 9.36 Å². The highest BCUT2D eigenvalue weighted by Crippen LogP contribution is 2.36. The monoisotopic (exact) mass is 533 g/mol. The number of fused-ring (bicyclic) bond motifs is 2. The molecule has 198 valence electrons. The molecule has 0 radical (unpaired) electrons. The Morgan fingerprint density at radius 1 is 1.12 bits per heavy atom. The van der Waals surface area contributed by atoms with Gasteiger partial charge in [0.05, 0.1) is 11.6 Å². The zero-order chi connectivity index (χ0) is 27.1. The lowest BCUT2D eigenvalue weighted by atomic mass is 10.1. The summed E-state index contributed by atoms with van der Waals surface area (Å²) in [4.78, 5) is 26.6. The Labute approximate surface area is 227 Å². The fourth-order valence-electron chi connectivity index (χ4n) is 5.06. The number of rotatable bonds is 7. The predicted octanol–water partition coefficient (Wildman–Crippen LogP) is 3.42. The van der Waals surface area contributed by atoms with E-state index in [1.54, 1.807) is 23.1 Å². The number of hydrogen-bond donors (Lipinski definition) is 2. The minimum Gasteiger partial charge on any atom is -0.465 e. The Kier molecular flexibility index (Phi) is 5.69. The predicted molar refractivity (Wildman–Crippen MR) is 145 cm³/mol. The van der Waals surface area contributed by atoms with Crippen LogP contribution in [0.5, 0.6) is 5.88 Å². The Morgan fingerprint density at radius 3 is 2.90 bits per heavy atom. The number of nitrogen functional groups attached to an aromatic ring is 1. The Balaban J connectivity index is 1.26. The maximum absolute atomic E-state index is 12.5. The van der Waals surface area contributed by atoms with Crippen LogP contribution in [0.25, 0.3) is 34.1 Å². The van der Waals surface area contributed by atoms with E-state index < -0.39 is 0 Å². The van der Waals surface area contributed by atoms with Gasteiger partial charge in [-0.25, -0.2) is 19.6 Å². The van der Waals surface area contributed by atoms with E-state index in [2.05, 4.69) is 26.6 Å². The molecule has 5 heterocycles. The lowest BCUT2D eigenvalue weighted by Crippen LogP contribution is -2.31. The minimum absolute atomic E-state index is 0.116. The second kappa shape index (κ2) is 9.66. The van der Waals surface area contributed by atoms with Crippen LogP contribution in [0.3, 0.4) is 0 Å². The summed E-state index contributed by atoms with van der Waals surface area (Å²) >= 11 is 0. The summed E-state index contributed by atoms with van der Waals surface area (Å²) in [6.45, 7) is -0.141. The smallest absolute Gasteiger partial charge is 0.258 e. The Morgan fingerprint density at radius 2 is 2.08 bits per heavy atom. The molecule has 1 aliphatic carbocycles. The molecule has 0 aliphatic heterocycles. The molecule has 40 heavy (non-hydrogen) atoms. The summed E-state index contributed by atoms with van der Waals surface area (Å²) < 4.78 is 13.8. The van der Waals surface area contributed by atoms with Crippen LogP contribution in [-0.2, 0) is 11.2 Å². The first-order chi connectivity index (χ1) is 19.6. The molecule has 1 amide bonds. The number of nitrogens with one attached hydrogen (secondary N) is 1. The number of aryl methyl sites for hydroxylation is 1. The summed E-state index contributed by atoms with van der Waals surface area (Å²) in [5.41, 5.74) is 11.4.